The number of benzene rings is 1. The predicted molar refractivity (Wildman–Crippen MR) is 81.4 cm³/mol. The number of sulfonamides is 1. The first-order valence-corrected chi connectivity index (χ1v) is 8.53. The summed E-state index contributed by atoms with van der Waals surface area (Å²) < 4.78 is 27.0. The zero-order chi connectivity index (χ0) is 14.6. The molecule has 0 atom stereocenters. The average molecular weight is 297 g/mol. The van der Waals surface area contributed by atoms with E-state index in [1.807, 2.05) is 12.1 Å². The van der Waals surface area contributed by atoms with Crippen LogP contribution in [-0.2, 0) is 10.0 Å². The van der Waals surface area contributed by atoms with Gasteiger partial charge in [0.1, 0.15) is 4.90 Å². The summed E-state index contributed by atoms with van der Waals surface area (Å²) in [6.45, 7) is 6.21. The van der Waals surface area contributed by atoms with Crippen LogP contribution in [0.25, 0.3) is 0 Å². The number of piperidine rings is 1. The lowest BCUT2D eigenvalue weighted by Gasteiger charge is -2.36. The van der Waals surface area contributed by atoms with E-state index in [4.69, 9.17) is 0 Å². The van der Waals surface area contributed by atoms with Gasteiger partial charge in [0.05, 0.1) is 5.69 Å². The van der Waals surface area contributed by atoms with Gasteiger partial charge in [0.2, 0.25) is 10.0 Å². The quantitative estimate of drug-likeness (QED) is 0.771. The summed E-state index contributed by atoms with van der Waals surface area (Å²) in [6.07, 6.45) is 1.95. The average Bonchev–Trinajstić information content (AvgIpc) is 2.39. The van der Waals surface area contributed by atoms with Crippen molar-refractivity contribution in [2.45, 2.75) is 37.1 Å². The van der Waals surface area contributed by atoms with Crippen LogP contribution in [0.4, 0.5) is 5.69 Å². The van der Waals surface area contributed by atoms with Crippen molar-refractivity contribution in [3.63, 3.8) is 0 Å². The molecule has 0 unspecified atom stereocenters. The third kappa shape index (κ3) is 3.50. The van der Waals surface area contributed by atoms with E-state index < -0.39 is 10.0 Å². The first-order chi connectivity index (χ1) is 9.47. The van der Waals surface area contributed by atoms with Gasteiger partial charge < -0.3 is 10.6 Å². The Balaban J connectivity index is 2.28. The fourth-order valence-corrected chi connectivity index (χ4v) is 3.70. The van der Waals surface area contributed by atoms with Crippen molar-refractivity contribution < 1.29 is 8.42 Å². The molecule has 1 fully saturated rings. The standard InChI is InChI=1S/C14H23N3O2S/c1-3-16-20(18,19)13-7-5-4-6-12(13)17-14(2)8-10-15-11-9-14/h4-7,15-17H,3,8-11H2,1-2H3. The smallest absolute Gasteiger partial charge is 0.242 e. The summed E-state index contributed by atoms with van der Waals surface area (Å²) in [5.74, 6) is 0. The van der Waals surface area contributed by atoms with E-state index in [1.54, 1.807) is 19.1 Å². The second kappa shape index (κ2) is 6.11. The zero-order valence-electron chi connectivity index (χ0n) is 12.1. The van der Waals surface area contributed by atoms with Crippen LogP contribution in [-0.4, -0.2) is 33.6 Å². The molecule has 0 saturated carbocycles. The normalized spacial score (nSPS) is 18.7. The summed E-state index contributed by atoms with van der Waals surface area (Å²) in [4.78, 5) is 0.321. The van der Waals surface area contributed by atoms with Gasteiger partial charge in [-0.25, -0.2) is 13.1 Å². The van der Waals surface area contributed by atoms with Gasteiger partial charge in [0.25, 0.3) is 0 Å². The van der Waals surface area contributed by atoms with Gasteiger partial charge in [-0.05, 0) is 45.0 Å². The highest BCUT2D eigenvalue weighted by Gasteiger charge is 2.28. The minimum atomic E-state index is -3.45. The Bertz CT molecular complexity index is 551. The molecule has 112 valence electrons. The van der Waals surface area contributed by atoms with E-state index in [0.717, 1.165) is 25.9 Å². The highest BCUT2D eigenvalue weighted by Crippen LogP contribution is 2.28. The van der Waals surface area contributed by atoms with E-state index in [-0.39, 0.29) is 5.54 Å². The molecular weight excluding hydrogens is 274 g/mol. The van der Waals surface area contributed by atoms with Crippen LogP contribution in [0, 0.1) is 0 Å². The molecule has 3 N–H and O–H groups in total. The van der Waals surface area contributed by atoms with Crippen LogP contribution in [0.5, 0.6) is 0 Å². The van der Waals surface area contributed by atoms with Gasteiger partial charge in [-0.15, -0.1) is 0 Å². The van der Waals surface area contributed by atoms with Crippen LogP contribution in [0.3, 0.4) is 0 Å². The SMILES string of the molecule is CCNS(=O)(=O)c1ccccc1NC1(C)CCNCC1. The van der Waals surface area contributed by atoms with E-state index in [0.29, 0.717) is 17.1 Å². The molecule has 0 radical (unpaired) electrons. The molecule has 1 aromatic rings. The highest BCUT2D eigenvalue weighted by atomic mass is 32.2. The van der Waals surface area contributed by atoms with E-state index in [2.05, 4.69) is 22.3 Å². The molecule has 20 heavy (non-hydrogen) atoms. The van der Waals surface area contributed by atoms with E-state index in [9.17, 15) is 8.42 Å². The van der Waals surface area contributed by atoms with Gasteiger partial charge >= 0.3 is 0 Å². The number of rotatable bonds is 5. The van der Waals surface area contributed by atoms with E-state index in [1.165, 1.54) is 0 Å². The molecule has 1 heterocycles. The molecule has 5 nitrogen and oxygen atoms in total. The maximum absolute atomic E-state index is 12.2. The van der Waals surface area contributed by atoms with Crippen molar-refractivity contribution >= 4 is 15.7 Å². The van der Waals surface area contributed by atoms with E-state index >= 15 is 0 Å². The van der Waals surface area contributed by atoms with Crippen molar-refractivity contribution in [3.8, 4) is 0 Å². The Kier molecular flexibility index (Phi) is 4.67. The number of para-hydroxylation sites is 1. The summed E-state index contributed by atoms with van der Waals surface area (Å²) in [6, 6.07) is 7.08. The minimum Gasteiger partial charge on any atom is -0.379 e. The van der Waals surface area contributed by atoms with Crippen LogP contribution in [0.15, 0.2) is 29.2 Å². The Morgan fingerprint density at radius 2 is 1.90 bits per heavy atom. The fraction of sp³-hybridized carbons (Fsp3) is 0.571. The molecule has 1 aliphatic heterocycles. The predicted octanol–water partition coefficient (Wildman–Crippen LogP) is 1.54. The largest absolute Gasteiger partial charge is 0.379 e. The molecule has 2 rings (SSSR count). The third-order valence-electron chi connectivity index (χ3n) is 3.65. The number of hydrogen-bond acceptors (Lipinski definition) is 4. The number of anilines is 1. The van der Waals surface area contributed by atoms with Gasteiger partial charge in [-0.2, -0.15) is 0 Å². The summed E-state index contributed by atoms with van der Waals surface area (Å²) in [5.41, 5.74) is 0.612. The molecule has 0 amide bonds. The Morgan fingerprint density at radius 1 is 1.25 bits per heavy atom. The summed E-state index contributed by atoms with van der Waals surface area (Å²) in [7, 11) is -3.45. The molecule has 1 saturated heterocycles. The van der Waals surface area contributed by atoms with Gasteiger partial charge in [0, 0.05) is 12.1 Å². The second-order valence-electron chi connectivity index (χ2n) is 5.43. The maximum Gasteiger partial charge on any atom is 0.242 e. The molecule has 1 aromatic carbocycles. The van der Waals surface area contributed by atoms with Gasteiger partial charge in [-0.3, -0.25) is 0 Å². The molecular formula is C14H23N3O2S. The lowest BCUT2D eigenvalue weighted by Crippen LogP contribution is -2.45. The van der Waals surface area contributed by atoms with Crippen molar-refractivity contribution in [3.05, 3.63) is 24.3 Å². The zero-order valence-corrected chi connectivity index (χ0v) is 12.9. The lowest BCUT2D eigenvalue weighted by atomic mass is 9.90. The van der Waals surface area contributed by atoms with Crippen molar-refractivity contribution in [1.82, 2.24) is 10.0 Å². The monoisotopic (exact) mass is 297 g/mol. The van der Waals surface area contributed by atoms with Gasteiger partial charge in [-0.1, -0.05) is 19.1 Å². The molecule has 0 bridgehead atoms. The third-order valence-corrected chi connectivity index (χ3v) is 5.26. The van der Waals surface area contributed by atoms with Crippen LogP contribution < -0.4 is 15.4 Å². The minimum absolute atomic E-state index is 0.0664. The van der Waals surface area contributed by atoms with Crippen LogP contribution in [0.1, 0.15) is 26.7 Å². The summed E-state index contributed by atoms with van der Waals surface area (Å²) >= 11 is 0. The number of nitrogens with one attached hydrogen (secondary N) is 3. The molecule has 0 spiro atoms. The Labute approximate surface area is 121 Å². The van der Waals surface area contributed by atoms with Crippen LogP contribution >= 0.6 is 0 Å². The Hall–Kier alpha value is -1.11. The Morgan fingerprint density at radius 3 is 2.55 bits per heavy atom. The second-order valence-corrected chi connectivity index (χ2v) is 7.17. The molecule has 1 aliphatic rings. The fourth-order valence-electron chi connectivity index (χ4n) is 2.50. The van der Waals surface area contributed by atoms with Gasteiger partial charge in [0.15, 0.2) is 0 Å². The first-order valence-electron chi connectivity index (χ1n) is 7.04. The highest BCUT2D eigenvalue weighted by molar-refractivity contribution is 7.89. The van der Waals surface area contributed by atoms with Crippen molar-refractivity contribution in [1.29, 1.82) is 0 Å². The van der Waals surface area contributed by atoms with Crippen LogP contribution in [0.2, 0.25) is 0 Å². The van der Waals surface area contributed by atoms with Crippen molar-refractivity contribution in [2.24, 2.45) is 0 Å². The number of hydrogen-bond donors (Lipinski definition) is 3. The molecule has 6 heteroatoms. The van der Waals surface area contributed by atoms with Crippen molar-refractivity contribution in [2.75, 3.05) is 25.0 Å². The molecule has 0 aliphatic carbocycles. The lowest BCUT2D eigenvalue weighted by molar-refractivity contribution is 0.364. The molecule has 0 aromatic heterocycles. The first kappa shape index (κ1) is 15.3. The maximum atomic E-state index is 12.2. The topological polar surface area (TPSA) is 70.2 Å². The summed E-state index contributed by atoms with van der Waals surface area (Å²) in [5, 5.41) is 6.75.